The second kappa shape index (κ2) is 24.3. The smallest absolute Gasteiger partial charge is 0.220 e. The number of aliphatic hydroxyl groups is 2. The minimum atomic E-state index is -0.838. The van der Waals surface area contributed by atoms with Crippen LogP contribution in [-0.4, -0.2) is 34.9 Å². The Balaban J connectivity index is 3.65. The van der Waals surface area contributed by atoms with Crippen LogP contribution in [0, 0.1) is 0 Å². The summed E-state index contributed by atoms with van der Waals surface area (Å²) in [5, 5.41) is 22.3. The van der Waals surface area contributed by atoms with Crippen LogP contribution >= 0.6 is 0 Å². The van der Waals surface area contributed by atoms with Crippen molar-refractivity contribution in [1.29, 1.82) is 0 Å². The van der Waals surface area contributed by atoms with E-state index in [0.717, 1.165) is 51.4 Å². The van der Waals surface area contributed by atoms with Gasteiger partial charge in [0.25, 0.3) is 0 Å². The van der Waals surface area contributed by atoms with Crippen molar-refractivity contribution in [2.24, 2.45) is 0 Å². The molecule has 0 saturated heterocycles. The Morgan fingerprint density at radius 3 is 1.94 bits per heavy atom. The van der Waals surface area contributed by atoms with Gasteiger partial charge in [-0.3, -0.25) is 4.79 Å². The van der Waals surface area contributed by atoms with E-state index < -0.39 is 12.1 Å². The fourth-order valence-corrected chi connectivity index (χ4v) is 3.48. The Morgan fingerprint density at radius 2 is 1.31 bits per heavy atom. The fraction of sp³-hybridized carbons (Fsp3) is 0.750. The predicted octanol–water partition coefficient (Wildman–Crippen LogP) is 6.77. The number of unbranched alkanes of at least 4 members (excludes halogenated alkanes) is 11. The lowest BCUT2D eigenvalue weighted by molar-refractivity contribution is -0.123. The highest BCUT2D eigenvalue weighted by atomic mass is 16.3. The maximum atomic E-state index is 12.1. The Kier molecular flexibility index (Phi) is 23.2. The van der Waals surface area contributed by atoms with Gasteiger partial charge in [0.2, 0.25) is 5.91 Å². The summed E-state index contributed by atoms with van der Waals surface area (Å²) in [6.07, 6.45) is 29.6. The fourth-order valence-electron chi connectivity index (χ4n) is 3.48. The van der Waals surface area contributed by atoms with Crippen molar-refractivity contribution in [3.8, 4) is 0 Å². The van der Waals surface area contributed by atoms with E-state index in [4.69, 9.17) is 0 Å². The van der Waals surface area contributed by atoms with E-state index >= 15 is 0 Å². The molecule has 0 radical (unpaired) electrons. The summed E-state index contributed by atoms with van der Waals surface area (Å²) < 4.78 is 0. The first-order chi connectivity index (χ1) is 15.7. The third-order valence-electron chi connectivity index (χ3n) is 5.62. The van der Waals surface area contributed by atoms with Gasteiger partial charge in [-0.2, -0.15) is 0 Å². The number of aliphatic hydroxyl groups excluding tert-OH is 2. The molecule has 3 N–H and O–H groups in total. The first-order valence-corrected chi connectivity index (χ1v) is 13.2. The molecule has 2 atom stereocenters. The number of amides is 1. The number of carbonyl (C=O) groups excluding carboxylic acids is 1. The van der Waals surface area contributed by atoms with Gasteiger partial charge in [0.1, 0.15) is 0 Å². The van der Waals surface area contributed by atoms with Gasteiger partial charge < -0.3 is 15.5 Å². The third kappa shape index (κ3) is 20.5. The van der Waals surface area contributed by atoms with E-state index in [1.54, 1.807) is 6.08 Å². The topological polar surface area (TPSA) is 69.6 Å². The third-order valence-corrected chi connectivity index (χ3v) is 5.62. The van der Waals surface area contributed by atoms with Crippen LogP contribution in [0.15, 0.2) is 36.5 Å². The van der Waals surface area contributed by atoms with Crippen molar-refractivity contribution < 1.29 is 15.0 Å². The van der Waals surface area contributed by atoms with Crippen LogP contribution in [0.4, 0.5) is 0 Å². The van der Waals surface area contributed by atoms with Crippen molar-refractivity contribution in [3.05, 3.63) is 36.5 Å². The number of nitrogens with one attached hydrogen (secondary N) is 1. The Morgan fingerprint density at radius 1 is 0.750 bits per heavy atom. The minimum absolute atomic E-state index is 0.0913. The lowest BCUT2D eigenvalue weighted by atomic mass is 10.1. The molecule has 0 aliphatic heterocycles. The van der Waals surface area contributed by atoms with E-state index in [0.29, 0.717) is 6.42 Å². The monoisotopic (exact) mass is 449 g/mol. The highest BCUT2D eigenvalue weighted by molar-refractivity contribution is 5.76. The molecule has 0 aromatic heterocycles. The second-order valence-corrected chi connectivity index (χ2v) is 8.75. The Labute approximate surface area is 198 Å². The van der Waals surface area contributed by atoms with Crippen LogP contribution in [0.3, 0.4) is 0 Å². The van der Waals surface area contributed by atoms with Crippen molar-refractivity contribution >= 4 is 5.91 Å². The van der Waals surface area contributed by atoms with Crippen molar-refractivity contribution in [2.45, 2.75) is 129 Å². The number of allylic oxidation sites excluding steroid dienone is 5. The van der Waals surface area contributed by atoms with E-state index in [9.17, 15) is 15.0 Å². The molecular weight excluding hydrogens is 398 g/mol. The second-order valence-electron chi connectivity index (χ2n) is 8.75. The van der Waals surface area contributed by atoms with Crippen LogP contribution in [-0.2, 0) is 4.79 Å². The lowest BCUT2D eigenvalue weighted by Crippen LogP contribution is -2.45. The molecular formula is C28H51NO3. The number of hydrogen-bond donors (Lipinski definition) is 3. The van der Waals surface area contributed by atoms with Crippen LogP contribution in [0.1, 0.15) is 117 Å². The van der Waals surface area contributed by atoms with Gasteiger partial charge in [-0.25, -0.2) is 0 Å². The van der Waals surface area contributed by atoms with E-state index in [1.165, 1.54) is 44.9 Å². The molecule has 0 rings (SSSR count). The highest BCUT2D eigenvalue weighted by Gasteiger charge is 2.17. The molecule has 0 saturated carbocycles. The molecule has 0 fully saturated rings. The van der Waals surface area contributed by atoms with Gasteiger partial charge in [0.05, 0.1) is 18.8 Å². The molecule has 186 valence electrons. The highest BCUT2D eigenvalue weighted by Crippen LogP contribution is 2.09. The summed E-state index contributed by atoms with van der Waals surface area (Å²) in [4.78, 5) is 12.1. The van der Waals surface area contributed by atoms with Gasteiger partial charge in [-0.05, 0) is 44.9 Å². The van der Waals surface area contributed by atoms with Gasteiger partial charge in [-0.1, -0.05) is 102 Å². The number of hydrogen-bond acceptors (Lipinski definition) is 3. The lowest BCUT2D eigenvalue weighted by Gasteiger charge is -2.19. The van der Waals surface area contributed by atoms with Gasteiger partial charge >= 0.3 is 0 Å². The zero-order valence-corrected chi connectivity index (χ0v) is 20.9. The number of carbonyl (C=O) groups is 1. The molecule has 0 aromatic carbocycles. The van der Waals surface area contributed by atoms with Crippen LogP contribution in [0.5, 0.6) is 0 Å². The summed E-state index contributed by atoms with van der Waals surface area (Å²) in [5.41, 5.74) is 0. The van der Waals surface area contributed by atoms with Gasteiger partial charge in [0, 0.05) is 6.42 Å². The Bertz CT molecular complexity index is 499. The van der Waals surface area contributed by atoms with Crippen LogP contribution in [0.2, 0.25) is 0 Å². The molecule has 0 aliphatic rings. The minimum Gasteiger partial charge on any atom is -0.394 e. The number of rotatable bonds is 22. The zero-order chi connectivity index (χ0) is 23.7. The molecule has 4 heteroatoms. The zero-order valence-electron chi connectivity index (χ0n) is 20.9. The summed E-state index contributed by atoms with van der Waals surface area (Å²) in [6.45, 7) is 4.11. The largest absolute Gasteiger partial charge is 0.394 e. The van der Waals surface area contributed by atoms with Crippen molar-refractivity contribution in [2.75, 3.05) is 6.61 Å². The summed E-state index contributed by atoms with van der Waals surface area (Å²) in [5.74, 6) is -0.0913. The maximum absolute atomic E-state index is 12.1. The Hall–Kier alpha value is -1.39. The van der Waals surface area contributed by atoms with Crippen LogP contribution in [0.25, 0.3) is 0 Å². The molecule has 0 heterocycles. The van der Waals surface area contributed by atoms with E-state index in [1.807, 2.05) is 6.08 Å². The van der Waals surface area contributed by atoms with Crippen molar-refractivity contribution in [3.63, 3.8) is 0 Å². The van der Waals surface area contributed by atoms with Crippen LogP contribution < -0.4 is 5.32 Å². The molecule has 0 bridgehead atoms. The predicted molar refractivity (Wildman–Crippen MR) is 138 cm³/mol. The van der Waals surface area contributed by atoms with E-state index in [2.05, 4.69) is 43.5 Å². The van der Waals surface area contributed by atoms with Crippen molar-refractivity contribution in [1.82, 2.24) is 5.32 Å². The average Bonchev–Trinajstić information content (AvgIpc) is 2.79. The maximum Gasteiger partial charge on any atom is 0.220 e. The molecule has 0 aromatic rings. The summed E-state index contributed by atoms with van der Waals surface area (Å²) in [6, 6.07) is -0.622. The SMILES string of the molecule is CCCC/C=C/C(O)C(CO)NC(=O)CCCCCCC/C=C\C/C=C\CCCCCC. The van der Waals surface area contributed by atoms with Gasteiger partial charge in [0.15, 0.2) is 0 Å². The standard InChI is InChI=1S/C28H51NO3/c1-3-5-7-9-10-11-12-13-14-15-16-17-18-19-20-22-24-28(32)29-26(25-30)27(31)23-21-8-6-4-2/h11-12,14-15,21,23,26-27,30-31H,3-10,13,16-20,22,24-25H2,1-2H3,(H,29,32)/b12-11-,15-14-,23-21+. The molecule has 2 unspecified atom stereocenters. The molecule has 0 aliphatic carbocycles. The first kappa shape index (κ1) is 30.6. The average molecular weight is 450 g/mol. The first-order valence-electron chi connectivity index (χ1n) is 13.2. The molecule has 1 amide bonds. The molecule has 0 spiro atoms. The van der Waals surface area contributed by atoms with Gasteiger partial charge in [-0.15, -0.1) is 0 Å². The van der Waals surface area contributed by atoms with E-state index in [-0.39, 0.29) is 12.5 Å². The molecule has 32 heavy (non-hydrogen) atoms. The molecule has 4 nitrogen and oxygen atoms in total. The quantitative estimate of drug-likeness (QED) is 0.126. The normalized spacial score (nSPS) is 14.0. The summed E-state index contributed by atoms with van der Waals surface area (Å²) in [7, 11) is 0. The summed E-state index contributed by atoms with van der Waals surface area (Å²) >= 11 is 0.